The third-order valence-electron chi connectivity index (χ3n) is 6.59. The minimum Gasteiger partial charge on any atom is -0.487 e. The van der Waals surface area contributed by atoms with Gasteiger partial charge in [0.1, 0.15) is 6.04 Å². The number of hydrogen-bond donors (Lipinski definition) is 2. The number of unbranched alkanes of at least 4 members (excludes halogenated alkanes) is 4. The molecular formula is C29H42N4O7S2. The Bertz CT molecular complexity index is 1070. The number of aliphatic imine (C=N–C) groups is 1. The fraction of sp³-hybridized carbons (Fsp3) is 0.586. The first-order chi connectivity index (χ1) is 20.1. The van der Waals surface area contributed by atoms with E-state index in [-0.39, 0.29) is 41.4 Å². The number of primary amides is 1. The smallest absolute Gasteiger partial charge is 0.363 e. The van der Waals surface area contributed by atoms with E-state index in [4.69, 9.17) is 15.3 Å². The van der Waals surface area contributed by atoms with Gasteiger partial charge in [-0.3, -0.25) is 19.2 Å². The van der Waals surface area contributed by atoms with Crippen molar-refractivity contribution in [2.75, 3.05) is 19.4 Å². The number of carbonyl (C=O) groups excluding carboxylic acids is 5. The van der Waals surface area contributed by atoms with E-state index in [9.17, 15) is 24.0 Å². The van der Waals surface area contributed by atoms with Gasteiger partial charge < -0.3 is 20.6 Å². The van der Waals surface area contributed by atoms with Crippen molar-refractivity contribution >= 4 is 57.6 Å². The normalized spacial score (nSPS) is 15.5. The van der Waals surface area contributed by atoms with Crippen LogP contribution in [0, 0.1) is 0 Å². The van der Waals surface area contributed by atoms with Crippen LogP contribution < -0.4 is 11.1 Å². The lowest BCUT2D eigenvalue weighted by molar-refractivity contribution is -0.172. The molecule has 0 aliphatic carbocycles. The maximum atomic E-state index is 12.7. The topological polar surface area (TPSA) is 157 Å². The summed E-state index contributed by atoms with van der Waals surface area (Å²) in [6, 6.07) is 6.40. The highest BCUT2D eigenvalue weighted by Gasteiger charge is 2.33. The lowest BCUT2D eigenvalue weighted by atomic mass is 9.95. The first-order valence-electron chi connectivity index (χ1n) is 14.2. The van der Waals surface area contributed by atoms with E-state index in [1.807, 2.05) is 12.1 Å². The average molecular weight is 623 g/mol. The number of methoxy groups -OCH3 is 1. The van der Waals surface area contributed by atoms with Gasteiger partial charge in [0, 0.05) is 36.8 Å². The molecule has 0 bridgehead atoms. The standard InChI is InChI=1S/C29H42N4O7S2/c1-20(22-10-12-23(13-11-22)29(38)40-33-26(35)14-15-27(33)36)17-21(2)42-41-18-24(32-19-39-3)28(37)31-16-8-6-4-5-7-9-25(30)34/h10-13,19-21,24H,4-9,14-18H2,1-3H3,(H2,30,34)(H,31,37). The molecule has 1 heterocycles. The highest BCUT2D eigenvalue weighted by atomic mass is 33.1. The molecule has 3 atom stereocenters. The molecule has 11 nitrogen and oxygen atoms in total. The Labute approximate surface area is 255 Å². The predicted molar refractivity (Wildman–Crippen MR) is 165 cm³/mol. The molecule has 1 aliphatic rings. The molecule has 42 heavy (non-hydrogen) atoms. The number of amides is 4. The van der Waals surface area contributed by atoms with Gasteiger partial charge in [0.25, 0.3) is 11.8 Å². The van der Waals surface area contributed by atoms with Crippen molar-refractivity contribution in [3.05, 3.63) is 35.4 Å². The third-order valence-corrected chi connectivity index (χ3v) is 9.50. The molecule has 0 spiro atoms. The van der Waals surface area contributed by atoms with Crippen LogP contribution in [0.1, 0.15) is 93.5 Å². The number of hydrogen-bond acceptors (Lipinski definition) is 10. The van der Waals surface area contributed by atoms with Gasteiger partial charge in [-0.1, -0.05) is 66.8 Å². The Morgan fingerprint density at radius 3 is 2.33 bits per heavy atom. The van der Waals surface area contributed by atoms with Crippen LogP contribution in [0.4, 0.5) is 0 Å². The molecule has 1 aromatic carbocycles. The van der Waals surface area contributed by atoms with Gasteiger partial charge in [0.05, 0.1) is 12.7 Å². The molecule has 1 aliphatic heterocycles. The number of nitrogens with zero attached hydrogens (tertiary/aromatic N) is 2. The molecule has 4 amide bonds. The second kappa shape index (κ2) is 19.2. The zero-order valence-corrected chi connectivity index (χ0v) is 26.2. The summed E-state index contributed by atoms with van der Waals surface area (Å²) in [5.74, 6) is -1.46. The van der Waals surface area contributed by atoms with Crippen LogP contribution in [0.25, 0.3) is 0 Å². The van der Waals surface area contributed by atoms with Gasteiger partial charge in [0.15, 0.2) is 6.40 Å². The predicted octanol–water partition coefficient (Wildman–Crippen LogP) is 4.16. The molecule has 1 saturated heterocycles. The minimum atomic E-state index is -0.745. The molecular weight excluding hydrogens is 580 g/mol. The second-order valence-electron chi connectivity index (χ2n) is 10.2. The van der Waals surface area contributed by atoms with Crippen LogP contribution in [0.2, 0.25) is 0 Å². The zero-order chi connectivity index (χ0) is 30.9. The summed E-state index contributed by atoms with van der Waals surface area (Å²) in [4.78, 5) is 68.4. The summed E-state index contributed by atoms with van der Waals surface area (Å²) in [6.07, 6.45) is 7.27. The molecule has 3 N–H and O–H groups in total. The average Bonchev–Trinajstić information content (AvgIpc) is 3.28. The fourth-order valence-electron chi connectivity index (χ4n) is 4.24. The van der Waals surface area contributed by atoms with Crippen molar-refractivity contribution in [3.63, 3.8) is 0 Å². The summed E-state index contributed by atoms with van der Waals surface area (Å²) in [5, 5.41) is 3.78. The quantitative estimate of drug-likeness (QED) is 0.0716. The second-order valence-corrected chi connectivity index (χ2v) is 13.0. The van der Waals surface area contributed by atoms with Crippen LogP contribution in [0.3, 0.4) is 0 Å². The molecule has 232 valence electrons. The monoisotopic (exact) mass is 622 g/mol. The first kappa shape index (κ1) is 35.1. The van der Waals surface area contributed by atoms with Crippen molar-refractivity contribution in [1.82, 2.24) is 10.4 Å². The van der Waals surface area contributed by atoms with E-state index < -0.39 is 23.8 Å². The van der Waals surface area contributed by atoms with Gasteiger partial charge >= 0.3 is 5.97 Å². The van der Waals surface area contributed by atoms with E-state index >= 15 is 0 Å². The largest absolute Gasteiger partial charge is 0.487 e. The Morgan fingerprint density at radius 1 is 1.05 bits per heavy atom. The number of benzene rings is 1. The van der Waals surface area contributed by atoms with E-state index in [1.165, 1.54) is 13.5 Å². The molecule has 1 fully saturated rings. The van der Waals surface area contributed by atoms with E-state index in [2.05, 4.69) is 24.2 Å². The maximum absolute atomic E-state index is 12.7. The van der Waals surface area contributed by atoms with Crippen molar-refractivity contribution in [2.45, 2.75) is 88.8 Å². The van der Waals surface area contributed by atoms with Crippen LogP contribution in [-0.4, -0.2) is 71.8 Å². The lowest BCUT2D eigenvalue weighted by Crippen LogP contribution is -2.35. The fourth-order valence-corrected chi connectivity index (χ4v) is 6.84. The maximum Gasteiger partial charge on any atom is 0.363 e. The molecule has 13 heteroatoms. The molecule has 2 rings (SSSR count). The summed E-state index contributed by atoms with van der Waals surface area (Å²) in [6.45, 7) is 4.80. The summed E-state index contributed by atoms with van der Waals surface area (Å²) < 4.78 is 4.93. The lowest BCUT2D eigenvalue weighted by Gasteiger charge is -2.18. The van der Waals surface area contributed by atoms with Crippen molar-refractivity contribution < 1.29 is 33.5 Å². The van der Waals surface area contributed by atoms with Gasteiger partial charge in [-0.15, -0.1) is 5.06 Å². The van der Waals surface area contributed by atoms with E-state index in [0.29, 0.717) is 23.8 Å². The van der Waals surface area contributed by atoms with E-state index in [0.717, 1.165) is 44.1 Å². The number of nitrogens with one attached hydrogen (secondary N) is 1. The molecule has 0 saturated carbocycles. The molecule has 3 unspecified atom stereocenters. The number of hydroxylamine groups is 2. The zero-order valence-electron chi connectivity index (χ0n) is 24.5. The van der Waals surface area contributed by atoms with Crippen LogP contribution >= 0.6 is 21.6 Å². The summed E-state index contributed by atoms with van der Waals surface area (Å²) in [5.41, 5.74) is 6.46. The SMILES string of the molecule is COC=NC(CSSC(C)CC(C)c1ccc(C(=O)ON2C(=O)CCC2=O)cc1)C(=O)NCCCCCCCC(N)=O. The van der Waals surface area contributed by atoms with Gasteiger partial charge in [-0.2, -0.15) is 0 Å². The van der Waals surface area contributed by atoms with Gasteiger partial charge in [0.2, 0.25) is 11.8 Å². The Kier molecular flexibility index (Phi) is 16.1. The van der Waals surface area contributed by atoms with E-state index in [1.54, 1.807) is 33.7 Å². The number of rotatable bonds is 20. The Balaban J connectivity index is 1.72. The van der Waals surface area contributed by atoms with Crippen molar-refractivity contribution in [3.8, 4) is 0 Å². The molecule has 0 aromatic heterocycles. The van der Waals surface area contributed by atoms with Gasteiger partial charge in [-0.25, -0.2) is 9.79 Å². The molecule has 0 radical (unpaired) electrons. The number of nitrogens with two attached hydrogens (primary N) is 1. The highest BCUT2D eigenvalue weighted by molar-refractivity contribution is 8.76. The minimum absolute atomic E-state index is 0.0496. The highest BCUT2D eigenvalue weighted by Crippen LogP contribution is 2.34. The van der Waals surface area contributed by atoms with Crippen LogP contribution in [0.15, 0.2) is 29.3 Å². The number of imide groups is 1. The van der Waals surface area contributed by atoms with Gasteiger partial charge in [-0.05, 0) is 42.9 Å². The van der Waals surface area contributed by atoms with Crippen molar-refractivity contribution in [1.29, 1.82) is 0 Å². The molecule has 1 aromatic rings. The summed E-state index contributed by atoms with van der Waals surface area (Å²) >= 11 is 0. The Morgan fingerprint density at radius 2 is 1.69 bits per heavy atom. The third kappa shape index (κ3) is 12.8. The first-order valence-corrected chi connectivity index (χ1v) is 16.6. The van der Waals surface area contributed by atoms with Crippen molar-refractivity contribution in [2.24, 2.45) is 10.7 Å². The van der Waals surface area contributed by atoms with Crippen LogP contribution in [0.5, 0.6) is 0 Å². The Hall–Kier alpha value is -3.06. The van der Waals surface area contributed by atoms with Crippen LogP contribution in [-0.2, 0) is 28.8 Å². The summed E-state index contributed by atoms with van der Waals surface area (Å²) in [7, 11) is 4.77. The number of ether oxygens (including phenoxy) is 1. The number of carbonyl (C=O) groups is 5.